The molecule has 2 aliphatic rings. The van der Waals surface area contributed by atoms with Crippen LogP contribution in [0.2, 0.25) is 0 Å². The zero-order valence-corrected chi connectivity index (χ0v) is 8.43. The van der Waals surface area contributed by atoms with Gasteiger partial charge in [-0.1, -0.05) is 13.8 Å². The minimum atomic E-state index is -0.185. The van der Waals surface area contributed by atoms with Crippen LogP contribution >= 0.6 is 0 Å². The fourth-order valence-corrected chi connectivity index (χ4v) is 2.92. The lowest BCUT2D eigenvalue weighted by Gasteiger charge is -2.21. The third kappa shape index (κ3) is 1.30. The van der Waals surface area contributed by atoms with Crippen molar-refractivity contribution in [2.75, 3.05) is 7.11 Å². The highest BCUT2D eigenvalue weighted by molar-refractivity contribution is 4.97. The Morgan fingerprint density at radius 1 is 1.31 bits per heavy atom. The van der Waals surface area contributed by atoms with E-state index in [1.54, 1.807) is 7.11 Å². The highest BCUT2D eigenvalue weighted by Gasteiger charge is 2.51. The van der Waals surface area contributed by atoms with E-state index in [0.717, 1.165) is 6.42 Å². The average Bonchev–Trinajstić information content (AvgIpc) is 2.54. The van der Waals surface area contributed by atoms with Crippen LogP contribution in [0, 0.1) is 17.8 Å². The second-order valence-corrected chi connectivity index (χ2v) is 4.38. The lowest BCUT2D eigenvalue weighted by molar-refractivity contribution is -0.133. The van der Waals surface area contributed by atoms with Gasteiger partial charge in [-0.15, -0.1) is 0 Å². The number of rotatable bonds is 1. The summed E-state index contributed by atoms with van der Waals surface area (Å²) in [7, 11) is 1.68. The maximum absolute atomic E-state index is 9.66. The summed E-state index contributed by atoms with van der Waals surface area (Å²) in [5.74, 6) is 1.22. The SMILES string of the molecule is CO[C@H]1O[C@@H]2C[C@H](O)[C@@H](C)[C@@H]2[C@@H]1C. The first-order valence-electron chi connectivity index (χ1n) is 5.01. The van der Waals surface area contributed by atoms with E-state index in [1.165, 1.54) is 0 Å². The summed E-state index contributed by atoms with van der Waals surface area (Å²) >= 11 is 0. The summed E-state index contributed by atoms with van der Waals surface area (Å²) < 4.78 is 10.9. The first kappa shape index (κ1) is 9.44. The maximum Gasteiger partial charge on any atom is 0.160 e. The molecule has 13 heavy (non-hydrogen) atoms. The number of hydrogen-bond donors (Lipinski definition) is 1. The Bertz CT molecular complexity index is 193. The summed E-state index contributed by atoms with van der Waals surface area (Å²) in [4.78, 5) is 0. The molecule has 0 aromatic rings. The zero-order valence-electron chi connectivity index (χ0n) is 8.43. The van der Waals surface area contributed by atoms with E-state index in [1.807, 2.05) is 0 Å². The third-order valence-electron chi connectivity index (χ3n) is 3.69. The fourth-order valence-electron chi connectivity index (χ4n) is 2.92. The predicted octanol–water partition coefficient (Wildman–Crippen LogP) is 1.01. The van der Waals surface area contributed by atoms with Crippen molar-refractivity contribution in [1.29, 1.82) is 0 Å². The van der Waals surface area contributed by atoms with Crippen molar-refractivity contribution < 1.29 is 14.6 Å². The smallest absolute Gasteiger partial charge is 0.160 e. The van der Waals surface area contributed by atoms with Crippen LogP contribution in [-0.4, -0.2) is 30.7 Å². The van der Waals surface area contributed by atoms with Crippen LogP contribution in [-0.2, 0) is 9.47 Å². The van der Waals surface area contributed by atoms with Crippen molar-refractivity contribution in [3.63, 3.8) is 0 Å². The lowest BCUT2D eigenvalue weighted by Crippen LogP contribution is -2.25. The Hall–Kier alpha value is -0.120. The molecule has 1 N–H and O–H groups in total. The third-order valence-corrected chi connectivity index (χ3v) is 3.69. The zero-order chi connectivity index (χ0) is 9.59. The van der Waals surface area contributed by atoms with Gasteiger partial charge in [-0.3, -0.25) is 0 Å². The molecule has 1 saturated carbocycles. The van der Waals surface area contributed by atoms with Gasteiger partial charge in [0.05, 0.1) is 12.2 Å². The topological polar surface area (TPSA) is 38.7 Å². The van der Waals surface area contributed by atoms with Crippen LogP contribution in [0.4, 0.5) is 0 Å². The van der Waals surface area contributed by atoms with Gasteiger partial charge >= 0.3 is 0 Å². The van der Waals surface area contributed by atoms with E-state index in [0.29, 0.717) is 17.8 Å². The van der Waals surface area contributed by atoms with E-state index in [2.05, 4.69) is 13.8 Å². The van der Waals surface area contributed by atoms with Gasteiger partial charge < -0.3 is 14.6 Å². The minimum absolute atomic E-state index is 0.0649. The highest BCUT2D eigenvalue weighted by atomic mass is 16.7. The van der Waals surface area contributed by atoms with Crippen molar-refractivity contribution in [2.45, 2.75) is 38.8 Å². The number of fused-ring (bicyclic) bond motifs is 1. The number of ether oxygens (including phenoxy) is 2. The number of aliphatic hydroxyl groups excluding tert-OH is 1. The molecule has 0 amide bonds. The van der Waals surface area contributed by atoms with Crippen LogP contribution in [0.3, 0.4) is 0 Å². The molecular formula is C10H18O3. The standard InChI is InChI=1S/C10H18O3/c1-5-7(11)4-8-9(5)6(2)10(12-3)13-8/h5-11H,4H2,1-3H3/t5-,6+,7+,8-,9-,10+/m1/s1. The summed E-state index contributed by atoms with van der Waals surface area (Å²) in [6, 6.07) is 0. The molecule has 3 nitrogen and oxygen atoms in total. The van der Waals surface area contributed by atoms with Crippen LogP contribution < -0.4 is 0 Å². The van der Waals surface area contributed by atoms with Gasteiger partial charge in [-0.25, -0.2) is 0 Å². The second-order valence-electron chi connectivity index (χ2n) is 4.38. The summed E-state index contributed by atoms with van der Waals surface area (Å²) in [6.45, 7) is 4.25. The molecular weight excluding hydrogens is 168 g/mol. The molecule has 0 unspecified atom stereocenters. The van der Waals surface area contributed by atoms with Gasteiger partial charge in [0, 0.05) is 19.4 Å². The van der Waals surface area contributed by atoms with E-state index in [4.69, 9.17) is 9.47 Å². The van der Waals surface area contributed by atoms with Gasteiger partial charge in [0.15, 0.2) is 6.29 Å². The molecule has 1 heterocycles. The molecule has 0 aromatic carbocycles. The molecule has 0 spiro atoms. The second kappa shape index (κ2) is 3.23. The van der Waals surface area contributed by atoms with Crippen molar-refractivity contribution in [3.05, 3.63) is 0 Å². The van der Waals surface area contributed by atoms with Crippen molar-refractivity contribution in [1.82, 2.24) is 0 Å². The predicted molar refractivity (Wildman–Crippen MR) is 48.1 cm³/mol. The maximum atomic E-state index is 9.66. The van der Waals surface area contributed by atoms with E-state index in [-0.39, 0.29) is 18.5 Å². The molecule has 0 bridgehead atoms. The largest absolute Gasteiger partial charge is 0.393 e. The number of hydrogen-bond acceptors (Lipinski definition) is 3. The Morgan fingerprint density at radius 3 is 2.54 bits per heavy atom. The van der Waals surface area contributed by atoms with E-state index >= 15 is 0 Å². The van der Waals surface area contributed by atoms with Crippen molar-refractivity contribution in [3.8, 4) is 0 Å². The molecule has 2 fully saturated rings. The monoisotopic (exact) mass is 186 g/mol. The van der Waals surface area contributed by atoms with Gasteiger partial charge in [-0.05, 0) is 11.8 Å². The van der Waals surface area contributed by atoms with E-state index < -0.39 is 0 Å². The molecule has 0 aromatic heterocycles. The Morgan fingerprint density at radius 2 is 2.00 bits per heavy atom. The molecule has 3 heteroatoms. The summed E-state index contributed by atoms with van der Waals surface area (Å²) in [6.07, 6.45) is 0.737. The molecule has 0 radical (unpaired) electrons. The summed E-state index contributed by atoms with van der Waals surface area (Å²) in [5, 5.41) is 9.66. The molecule has 1 saturated heterocycles. The molecule has 2 rings (SSSR count). The van der Waals surface area contributed by atoms with Gasteiger partial charge in [0.2, 0.25) is 0 Å². The van der Waals surface area contributed by atoms with Gasteiger partial charge in [-0.2, -0.15) is 0 Å². The normalized spacial score (nSPS) is 55.4. The Kier molecular flexibility index (Phi) is 2.34. The molecule has 1 aliphatic carbocycles. The Labute approximate surface area is 79.0 Å². The van der Waals surface area contributed by atoms with Crippen molar-refractivity contribution in [2.24, 2.45) is 17.8 Å². The van der Waals surface area contributed by atoms with Crippen LogP contribution in [0.5, 0.6) is 0 Å². The number of methoxy groups -OCH3 is 1. The molecule has 76 valence electrons. The minimum Gasteiger partial charge on any atom is -0.393 e. The molecule has 6 atom stereocenters. The van der Waals surface area contributed by atoms with Gasteiger partial charge in [0.25, 0.3) is 0 Å². The fraction of sp³-hybridized carbons (Fsp3) is 1.00. The first-order valence-corrected chi connectivity index (χ1v) is 5.01. The first-order chi connectivity index (χ1) is 6.15. The van der Waals surface area contributed by atoms with E-state index in [9.17, 15) is 5.11 Å². The highest BCUT2D eigenvalue weighted by Crippen LogP contribution is 2.46. The van der Waals surface area contributed by atoms with Crippen LogP contribution in [0.15, 0.2) is 0 Å². The molecule has 1 aliphatic heterocycles. The average molecular weight is 186 g/mol. The van der Waals surface area contributed by atoms with Crippen LogP contribution in [0.1, 0.15) is 20.3 Å². The van der Waals surface area contributed by atoms with Gasteiger partial charge in [0.1, 0.15) is 0 Å². The quantitative estimate of drug-likeness (QED) is 0.664. The lowest BCUT2D eigenvalue weighted by atomic mass is 9.86. The Balaban J connectivity index is 2.11. The van der Waals surface area contributed by atoms with Crippen molar-refractivity contribution >= 4 is 0 Å². The summed E-state index contributed by atoms with van der Waals surface area (Å²) in [5.41, 5.74) is 0. The van der Waals surface area contributed by atoms with Crippen LogP contribution in [0.25, 0.3) is 0 Å². The number of aliphatic hydroxyl groups is 1.